The van der Waals surface area contributed by atoms with Gasteiger partial charge in [0.1, 0.15) is 17.9 Å². The SMILES string of the molecule is COc1cc(NS(=O)(=O)c2ccc(NC(=S)NC(=O)c3ccc(OC(C)C)c(Br)c3)cc2)ncn1. The van der Waals surface area contributed by atoms with Gasteiger partial charge in [0.25, 0.3) is 15.9 Å². The van der Waals surface area contributed by atoms with E-state index >= 15 is 0 Å². The average Bonchev–Trinajstić information content (AvgIpc) is 2.80. The van der Waals surface area contributed by atoms with E-state index in [2.05, 4.69) is 41.3 Å². The molecule has 0 aliphatic carbocycles. The zero-order chi connectivity index (χ0) is 25.6. The molecule has 0 saturated carbocycles. The van der Waals surface area contributed by atoms with Gasteiger partial charge >= 0.3 is 0 Å². The van der Waals surface area contributed by atoms with Crippen LogP contribution in [0.2, 0.25) is 0 Å². The number of carbonyl (C=O) groups excluding carboxylic acids is 1. The third kappa shape index (κ3) is 7.34. The van der Waals surface area contributed by atoms with Crippen LogP contribution in [0.5, 0.6) is 11.6 Å². The lowest BCUT2D eigenvalue weighted by Crippen LogP contribution is -2.34. The van der Waals surface area contributed by atoms with E-state index in [0.717, 1.165) is 0 Å². The third-order valence-electron chi connectivity index (χ3n) is 4.30. The number of benzene rings is 2. The van der Waals surface area contributed by atoms with Crippen LogP contribution in [-0.4, -0.2) is 42.6 Å². The van der Waals surface area contributed by atoms with E-state index in [9.17, 15) is 13.2 Å². The molecule has 3 aromatic rings. The second kappa shape index (κ2) is 11.4. The molecule has 0 atom stereocenters. The van der Waals surface area contributed by atoms with Gasteiger partial charge < -0.3 is 14.8 Å². The first-order chi connectivity index (χ1) is 16.6. The van der Waals surface area contributed by atoms with Crippen molar-refractivity contribution in [2.45, 2.75) is 24.8 Å². The first-order valence-corrected chi connectivity index (χ1v) is 12.8. The number of amides is 1. The van der Waals surface area contributed by atoms with Gasteiger partial charge in [0.2, 0.25) is 5.88 Å². The van der Waals surface area contributed by atoms with Crippen LogP contribution in [0.4, 0.5) is 11.5 Å². The minimum Gasteiger partial charge on any atom is -0.490 e. The van der Waals surface area contributed by atoms with Crippen molar-refractivity contribution in [3.8, 4) is 11.6 Å². The van der Waals surface area contributed by atoms with Gasteiger partial charge in [-0.1, -0.05) is 0 Å². The van der Waals surface area contributed by atoms with Gasteiger partial charge in [-0.3, -0.25) is 14.8 Å². The number of rotatable bonds is 8. The molecule has 35 heavy (non-hydrogen) atoms. The molecule has 1 amide bonds. The van der Waals surface area contributed by atoms with Crippen LogP contribution in [0.3, 0.4) is 0 Å². The Morgan fingerprint density at radius 2 is 1.80 bits per heavy atom. The van der Waals surface area contributed by atoms with Crippen LogP contribution in [-0.2, 0) is 10.0 Å². The maximum absolute atomic E-state index is 12.6. The summed E-state index contributed by atoms with van der Waals surface area (Å²) in [4.78, 5) is 20.2. The Labute approximate surface area is 216 Å². The minimum atomic E-state index is -3.89. The lowest BCUT2D eigenvalue weighted by Gasteiger charge is -2.13. The van der Waals surface area contributed by atoms with Crippen molar-refractivity contribution in [2.75, 3.05) is 17.1 Å². The van der Waals surface area contributed by atoms with E-state index < -0.39 is 15.9 Å². The van der Waals surface area contributed by atoms with Crippen molar-refractivity contribution in [3.63, 3.8) is 0 Å². The fourth-order valence-electron chi connectivity index (χ4n) is 2.75. The molecule has 0 fully saturated rings. The monoisotopic (exact) mass is 579 g/mol. The van der Waals surface area contributed by atoms with E-state index in [4.69, 9.17) is 21.7 Å². The molecule has 3 N–H and O–H groups in total. The van der Waals surface area contributed by atoms with Gasteiger partial charge in [0.05, 0.1) is 22.6 Å². The van der Waals surface area contributed by atoms with Crippen LogP contribution < -0.4 is 24.8 Å². The molecule has 184 valence electrons. The first-order valence-electron chi connectivity index (χ1n) is 10.1. The summed E-state index contributed by atoms with van der Waals surface area (Å²) in [7, 11) is -2.48. The number of ether oxygens (including phenoxy) is 2. The lowest BCUT2D eigenvalue weighted by atomic mass is 10.2. The molecule has 0 aliphatic heterocycles. The molecule has 0 spiro atoms. The molecule has 2 aromatic carbocycles. The number of sulfonamides is 1. The maximum atomic E-state index is 12.6. The van der Waals surface area contributed by atoms with Crippen molar-refractivity contribution < 1.29 is 22.7 Å². The molecule has 10 nitrogen and oxygen atoms in total. The Kier molecular flexibility index (Phi) is 8.59. The van der Waals surface area contributed by atoms with Gasteiger partial charge in [-0.2, -0.15) is 0 Å². The predicted octanol–water partition coefficient (Wildman–Crippen LogP) is 3.96. The highest BCUT2D eigenvalue weighted by molar-refractivity contribution is 9.10. The number of carbonyl (C=O) groups is 1. The highest BCUT2D eigenvalue weighted by Crippen LogP contribution is 2.27. The number of aromatic nitrogens is 2. The highest BCUT2D eigenvalue weighted by Gasteiger charge is 2.16. The van der Waals surface area contributed by atoms with Crippen LogP contribution in [0, 0.1) is 0 Å². The Bertz CT molecular complexity index is 1330. The fourth-order valence-corrected chi connectivity index (χ4v) is 4.43. The van der Waals surface area contributed by atoms with E-state index in [-0.39, 0.29) is 27.8 Å². The summed E-state index contributed by atoms with van der Waals surface area (Å²) in [5.41, 5.74) is 0.866. The number of hydrogen-bond acceptors (Lipinski definition) is 8. The molecule has 13 heteroatoms. The standard InChI is InChI=1S/C22H22BrN5O5S2/c1-13(2)33-18-9-4-14(10-17(18)23)21(29)27-22(34)26-15-5-7-16(8-6-15)35(30,31)28-19-11-20(32-3)25-12-24-19/h4-13H,1-3H3,(H,24,25,28)(H2,26,27,29,34). The highest BCUT2D eigenvalue weighted by atomic mass is 79.9. The Morgan fingerprint density at radius 1 is 1.09 bits per heavy atom. The molecule has 3 rings (SSSR count). The average molecular weight is 580 g/mol. The second-order valence-electron chi connectivity index (χ2n) is 7.30. The molecule has 0 saturated heterocycles. The third-order valence-corrected chi connectivity index (χ3v) is 6.49. The molecule has 1 aromatic heterocycles. The summed E-state index contributed by atoms with van der Waals surface area (Å²) < 4.78 is 38.8. The summed E-state index contributed by atoms with van der Waals surface area (Å²) in [5.74, 6) is 0.502. The molecule has 1 heterocycles. The predicted molar refractivity (Wildman–Crippen MR) is 139 cm³/mol. The summed E-state index contributed by atoms with van der Waals surface area (Å²) in [6, 6.07) is 12.1. The number of halogens is 1. The first kappa shape index (κ1) is 26.3. The smallest absolute Gasteiger partial charge is 0.263 e. The van der Waals surface area contributed by atoms with Gasteiger partial charge in [-0.15, -0.1) is 0 Å². The van der Waals surface area contributed by atoms with Crippen LogP contribution in [0.1, 0.15) is 24.2 Å². The normalized spacial score (nSPS) is 11.0. The zero-order valence-electron chi connectivity index (χ0n) is 18.9. The zero-order valence-corrected chi connectivity index (χ0v) is 22.1. The topological polar surface area (TPSA) is 132 Å². The summed E-state index contributed by atoms with van der Waals surface area (Å²) >= 11 is 8.60. The summed E-state index contributed by atoms with van der Waals surface area (Å²) in [6.45, 7) is 3.82. The molecule has 0 radical (unpaired) electrons. The molecule has 0 aliphatic rings. The Balaban J connectivity index is 1.61. The largest absolute Gasteiger partial charge is 0.490 e. The van der Waals surface area contributed by atoms with Gasteiger partial charge in [-0.05, 0) is 84.5 Å². The van der Waals surface area contributed by atoms with E-state index in [1.807, 2.05) is 13.8 Å². The fraction of sp³-hybridized carbons (Fsp3) is 0.182. The second-order valence-corrected chi connectivity index (χ2v) is 10.2. The van der Waals surface area contributed by atoms with E-state index in [0.29, 0.717) is 21.5 Å². The van der Waals surface area contributed by atoms with Crippen molar-refractivity contribution in [1.82, 2.24) is 15.3 Å². The van der Waals surface area contributed by atoms with E-state index in [1.165, 1.54) is 43.8 Å². The number of methoxy groups -OCH3 is 1. The van der Waals surface area contributed by atoms with Crippen molar-refractivity contribution in [2.24, 2.45) is 0 Å². The number of anilines is 2. The molecule has 0 unspecified atom stereocenters. The number of thiocarbonyl (C=S) groups is 1. The van der Waals surface area contributed by atoms with Crippen molar-refractivity contribution in [3.05, 3.63) is 64.9 Å². The molecular weight excluding hydrogens is 558 g/mol. The van der Waals surface area contributed by atoms with Crippen LogP contribution in [0.25, 0.3) is 0 Å². The van der Waals surface area contributed by atoms with Gasteiger partial charge in [-0.25, -0.2) is 18.4 Å². The molecule has 0 bridgehead atoms. The molecular formula is C22H22BrN5O5S2. The lowest BCUT2D eigenvalue weighted by molar-refractivity contribution is 0.0977. The summed E-state index contributed by atoms with van der Waals surface area (Å²) in [5, 5.41) is 5.48. The number of nitrogens with one attached hydrogen (secondary N) is 3. The maximum Gasteiger partial charge on any atom is 0.263 e. The van der Waals surface area contributed by atoms with Crippen LogP contribution in [0.15, 0.2) is 64.2 Å². The minimum absolute atomic E-state index is 0.00383. The number of nitrogens with zero attached hydrogens (tertiary/aromatic N) is 2. The Hall–Kier alpha value is -3.29. The Morgan fingerprint density at radius 3 is 2.43 bits per heavy atom. The van der Waals surface area contributed by atoms with Crippen molar-refractivity contribution >= 4 is 60.7 Å². The van der Waals surface area contributed by atoms with Gasteiger partial charge in [0.15, 0.2) is 5.11 Å². The quantitative estimate of drug-likeness (QED) is 0.339. The van der Waals surface area contributed by atoms with Crippen molar-refractivity contribution in [1.29, 1.82) is 0 Å². The number of hydrogen-bond donors (Lipinski definition) is 3. The van der Waals surface area contributed by atoms with Crippen LogP contribution >= 0.6 is 28.1 Å². The van der Waals surface area contributed by atoms with Gasteiger partial charge in [0, 0.05) is 17.3 Å². The summed E-state index contributed by atoms with van der Waals surface area (Å²) in [6.07, 6.45) is 1.18. The van der Waals surface area contributed by atoms with E-state index in [1.54, 1.807) is 18.2 Å².